The number of ether oxygens (including phenoxy) is 1. The second-order valence-electron chi connectivity index (χ2n) is 10.4. The number of phenolic OH excluding ortho intramolecular Hbond substituents is 1. The van der Waals surface area contributed by atoms with Crippen LogP contribution in [0.25, 0.3) is 33.4 Å². The number of carboxylic acids is 1. The maximum absolute atomic E-state index is 14.6. The fourth-order valence-corrected chi connectivity index (χ4v) is 5.08. The summed E-state index contributed by atoms with van der Waals surface area (Å²) in [5, 5.41) is 20.0. The van der Waals surface area contributed by atoms with Gasteiger partial charge in [0, 0.05) is 46.8 Å². The van der Waals surface area contributed by atoms with Gasteiger partial charge in [0.15, 0.2) is 23.2 Å². The highest BCUT2D eigenvalue weighted by Crippen LogP contribution is 2.43. The quantitative estimate of drug-likeness (QED) is 0.128. The van der Waals surface area contributed by atoms with Crippen molar-refractivity contribution in [1.29, 1.82) is 0 Å². The highest BCUT2D eigenvalue weighted by molar-refractivity contribution is 6.09. The van der Waals surface area contributed by atoms with E-state index in [0.717, 1.165) is 35.4 Å². The largest absolute Gasteiger partial charge is 0.505 e. The number of anilines is 1. The van der Waals surface area contributed by atoms with Gasteiger partial charge in [0.05, 0.1) is 5.56 Å². The summed E-state index contributed by atoms with van der Waals surface area (Å²) in [6.07, 6.45) is 1.93. The lowest BCUT2D eigenvalue weighted by Crippen LogP contribution is -2.09. The molecule has 3 aromatic carbocycles. The minimum Gasteiger partial charge on any atom is -0.505 e. The number of aryl methyl sites for hydroxylation is 1. The molecule has 230 valence electrons. The number of hydrogen-bond donors (Lipinski definition) is 3. The van der Waals surface area contributed by atoms with E-state index < -0.39 is 28.8 Å². The van der Waals surface area contributed by atoms with Crippen LogP contribution in [-0.2, 0) is 13.0 Å². The van der Waals surface area contributed by atoms with E-state index in [2.05, 4.69) is 9.97 Å². The van der Waals surface area contributed by atoms with Crippen molar-refractivity contribution in [2.75, 3.05) is 5.73 Å². The summed E-state index contributed by atoms with van der Waals surface area (Å²) in [5.74, 6) is -4.42. The van der Waals surface area contributed by atoms with Crippen molar-refractivity contribution in [3.05, 3.63) is 123 Å². The Kier molecular flexibility index (Phi) is 7.85. The Balaban J connectivity index is 1.31. The summed E-state index contributed by atoms with van der Waals surface area (Å²) in [7, 11) is 0. The van der Waals surface area contributed by atoms with E-state index in [1.165, 1.54) is 24.4 Å². The van der Waals surface area contributed by atoms with Gasteiger partial charge in [0.25, 0.3) is 0 Å². The maximum atomic E-state index is 14.6. The number of carbonyl (C=O) groups is 2. The second kappa shape index (κ2) is 12.1. The van der Waals surface area contributed by atoms with Gasteiger partial charge in [0.2, 0.25) is 5.43 Å². The summed E-state index contributed by atoms with van der Waals surface area (Å²) < 4.78 is 40.3. The molecule has 0 saturated heterocycles. The van der Waals surface area contributed by atoms with Crippen LogP contribution >= 0.6 is 0 Å². The van der Waals surface area contributed by atoms with Gasteiger partial charge in [-0.25, -0.2) is 18.6 Å². The highest BCUT2D eigenvalue weighted by Gasteiger charge is 2.25. The van der Waals surface area contributed by atoms with E-state index in [1.54, 1.807) is 6.07 Å². The van der Waals surface area contributed by atoms with Gasteiger partial charge in [-0.05, 0) is 53.4 Å². The van der Waals surface area contributed by atoms with Crippen molar-refractivity contribution in [2.45, 2.75) is 19.4 Å². The number of carboxylic acid groups (broad SMARTS) is 1. The topological polar surface area (TPSA) is 166 Å². The molecule has 2 aliphatic rings. The number of phenols is 1. The molecule has 1 aliphatic carbocycles. The first-order valence-electron chi connectivity index (χ1n) is 13.9. The number of aromatic carboxylic acids is 1. The van der Waals surface area contributed by atoms with Gasteiger partial charge < -0.3 is 25.1 Å². The van der Waals surface area contributed by atoms with Gasteiger partial charge >= 0.3 is 12.0 Å². The molecule has 0 atom stereocenters. The van der Waals surface area contributed by atoms with Crippen LogP contribution < -0.4 is 15.9 Å². The number of carbonyl (C=O) groups excluding carboxylic acids is 1. The third kappa shape index (κ3) is 5.95. The summed E-state index contributed by atoms with van der Waals surface area (Å²) in [4.78, 5) is 45.7. The normalized spacial score (nSPS) is 11.2. The smallest absolute Gasteiger partial charge is 0.336 e. The SMILES string of the molecule is Nc1ccnc(OCc2ccc(CCC(=O)c3ccc(C(=O)O)c(-c4c5cc(F)c(=O)cc-5oc5cc(O)c(F)cc45)c3)cc2)n1. The maximum Gasteiger partial charge on any atom is 0.336 e. The van der Waals surface area contributed by atoms with Crippen molar-refractivity contribution in [3.8, 4) is 34.2 Å². The van der Waals surface area contributed by atoms with E-state index in [1.807, 2.05) is 24.3 Å². The Labute approximate surface area is 258 Å². The number of rotatable bonds is 9. The number of fused-ring (bicyclic) bond motifs is 2. The van der Waals surface area contributed by atoms with Crippen molar-refractivity contribution in [3.63, 3.8) is 0 Å². The fraction of sp³-hybridized carbons (Fsp3) is 0.0882. The van der Waals surface area contributed by atoms with Crippen molar-refractivity contribution in [2.24, 2.45) is 0 Å². The molecule has 0 bridgehead atoms. The van der Waals surface area contributed by atoms with Crippen LogP contribution in [0.1, 0.15) is 38.3 Å². The molecule has 2 heterocycles. The Hall–Kier alpha value is -6.17. The van der Waals surface area contributed by atoms with E-state index in [4.69, 9.17) is 14.9 Å². The van der Waals surface area contributed by atoms with Crippen LogP contribution in [0, 0.1) is 11.6 Å². The zero-order valence-corrected chi connectivity index (χ0v) is 23.8. The van der Waals surface area contributed by atoms with E-state index in [9.17, 15) is 33.4 Å². The van der Waals surface area contributed by atoms with E-state index in [0.29, 0.717) is 6.42 Å². The number of aromatic hydroxyl groups is 1. The predicted octanol–water partition coefficient (Wildman–Crippen LogP) is 6.01. The summed E-state index contributed by atoms with van der Waals surface area (Å²) >= 11 is 0. The first-order chi connectivity index (χ1) is 22.1. The van der Waals surface area contributed by atoms with E-state index >= 15 is 0 Å². The number of nitrogen functional groups attached to an aromatic ring is 1. The first kappa shape index (κ1) is 29.9. The van der Waals surface area contributed by atoms with Crippen molar-refractivity contribution < 1.29 is 37.7 Å². The van der Waals surface area contributed by atoms with Crippen LogP contribution in [0.4, 0.5) is 14.6 Å². The Morgan fingerprint density at radius 1 is 0.913 bits per heavy atom. The molecule has 4 N–H and O–H groups in total. The molecule has 0 unspecified atom stereocenters. The molecule has 0 fully saturated rings. The standard InChI is InChI=1S/C34H23F2N3O7/c35-24-12-22-29(14-27(24)41)46-30-15-28(42)25(36)13-23(30)32(22)21-11-19(6-7-20(21)33(43)44)26(40)8-5-17-1-3-18(4-2-17)16-45-34-38-10-9-31(37)39-34/h1-4,6-7,9-15,41H,5,8,16H2,(H,43,44)(H2,37,38,39). The lowest BCUT2D eigenvalue weighted by Gasteiger charge is -2.18. The van der Waals surface area contributed by atoms with Crippen LogP contribution in [0.3, 0.4) is 0 Å². The molecule has 4 aromatic rings. The van der Waals surface area contributed by atoms with Crippen LogP contribution in [0.5, 0.6) is 11.8 Å². The van der Waals surface area contributed by atoms with Gasteiger partial charge in [-0.2, -0.15) is 4.98 Å². The number of halogens is 2. The molecule has 0 saturated carbocycles. The minimum atomic E-state index is -1.36. The van der Waals surface area contributed by atoms with Gasteiger partial charge in [-0.3, -0.25) is 9.59 Å². The zero-order chi connectivity index (χ0) is 32.5. The summed E-state index contributed by atoms with van der Waals surface area (Å²) in [6.45, 7) is 0.209. The van der Waals surface area contributed by atoms with Gasteiger partial charge in [0.1, 0.15) is 23.8 Å². The van der Waals surface area contributed by atoms with Gasteiger partial charge in [-0.1, -0.05) is 30.3 Å². The number of nitrogens with zero attached hydrogens (tertiary/aromatic N) is 2. The molecule has 12 heteroatoms. The molecule has 0 spiro atoms. The van der Waals surface area contributed by atoms with Crippen molar-refractivity contribution >= 4 is 28.5 Å². The average Bonchev–Trinajstić information content (AvgIpc) is 3.03. The molecule has 6 rings (SSSR count). The van der Waals surface area contributed by atoms with Crippen LogP contribution in [-0.4, -0.2) is 31.9 Å². The number of aromatic nitrogens is 2. The van der Waals surface area contributed by atoms with Crippen LogP contribution in [0.2, 0.25) is 0 Å². The monoisotopic (exact) mass is 623 g/mol. The van der Waals surface area contributed by atoms with Crippen LogP contribution in [0.15, 0.2) is 88.2 Å². The molecule has 0 amide bonds. The molecule has 1 aliphatic heterocycles. The lowest BCUT2D eigenvalue weighted by molar-refractivity contribution is 0.0697. The third-order valence-electron chi connectivity index (χ3n) is 7.37. The highest BCUT2D eigenvalue weighted by atomic mass is 19.1. The molecule has 10 nitrogen and oxygen atoms in total. The van der Waals surface area contributed by atoms with E-state index in [-0.39, 0.29) is 75.2 Å². The number of benzene rings is 4. The first-order valence-corrected chi connectivity index (χ1v) is 13.9. The Morgan fingerprint density at radius 2 is 1.67 bits per heavy atom. The van der Waals surface area contributed by atoms with Gasteiger partial charge in [-0.15, -0.1) is 0 Å². The summed E-state index contributed by atoms with van der Waals surface area (Å²) in [5.41, 5.74) is 6.14. The third-order valence-corrected chi connectivity index (χ3v) is 7.37. The number of Topliss-reactive ketones (excluding diaryl/α,β-unsaturated/α-hetero) is 1. The number of nitrogens with two attached hydrogens (primary N) is 1. The fourth-order valence-electron chi connectivity index (χ4n) is 5.08. The summed E-state index contributed by atoms with van der Waals surface area (Å²) in [6, 6.07) is 16.7. The minimum absolute atomic E-state index is 0.000637. The second-order valence-corrected chi connectivity index (χ2v) is 10.4. The molecule has 46 heavy (non-hydrogen) atoms. The predicted molar refractivity (Wildman–Crippen MR) is 163 cm³/mol. The molecular weight excluding hydrogens is 600 g/mol. The Morgan fingerprint density at radius 3 is 2.41 bits per heavy atom. The zero-order valence-electron chi connectivity index (χ0n) is 23.8. The lowest BCUT2D eigenvalue weighted by atomic mass is 9.88. The molecule has 0 radical (unpaired) electrons. The Bertz CT molecular complexity index is 2180. The average molecular weight is 624 g/mol. The van der Waals surface area contributed by atoms with Crippen molar-refractivity contribution in [1.82, 2.24) is 9.97 Å². The number of hydrogen-bond acceptors (Lipinski definition) is 9. The molecule has 1 aromatic heterocycles. The number of ketones is 1. The molecular formula is C34H23F2N3O7.